The van der Waals surface area contributed by atoms with E-state index >= 15 is 0 Å². The SMILES string of the molecule is CC(F)C(F)(F)COC(F)(F)C(F)F. The van der Waals surface area contributed by atoms with E-state index in [2.05, 4.69) is 4.74 Å². The molecule has 0 aromatic rings. The Balaban J connectivity index is 4.18. The van der Waals surface area contributed by atoms with Crippen LogP contribution in [0.25, 0.3) is 0 Å². The van der Waals surface area contributed by atoms with E-state index in [0.717, 1.165) is 0 Å². The minimum atomic E-state index is -4.99. The maximum atomic E-state index is 12.3. The summed E-state index contributed by atoms with van der Waals surface area (Å²) in [6.45, 7) is -1.69. The van der Waals surface area contributed by atoms with E-state index in [1.165, 1.54) is 0 Å². The van der Waals surface area contributed by atoms with Gasteiger partial charge in [0.25, 0.3) is 0 Å². The highest BCUT2D eigenvalue weighted by Gasteiger charge is 2.47. The van der Waals surface area contributed by atoms with Crippen molar-refractivity contribution < 1.29 is 35.5 Å². The number of alkyl halides is 7. The predicted octanol–water partition coefficient (Wildman–Crippen LogP) is 2.85. The Hall–Kier alpha value is -0.530. The molecule has 1 unspecified atom stereocenters. The predicted molar refractivity (Wildman–Crippen MR) is 32.4 cm³/mol. The van der Waals surface area contributed by atoms with Gasteiger partial charge in [0.15, 0.2) is 6.17 Å². The lowest BCUT2D eigenvalue weighted by molar-refractivity contribution is -0.320. The molecular formula is C6H7F7O. The maximum absolute atomic E-state index is 12.3. The van der Waals surface area contributed by atoms with Crippen LogP contribution in [0.3, 0.4) is 0 Å². The van der Waals surface area contributed by atoms with Gasteiger partial charge in [0.2, 0.25) is 0 Å². The number of hydrogen-bond acceptors (Lipinski definition) is 1. The molecule has 1 nitrogen and oxygen atoms in total. The smallest absolute Gasteiger partial charge is 0.309 e. The monoisotopic (exact) mass is 228 g/mol. The van der Waals surface area contributed by atoms with Crippen LogP contribution in [0.1, 0.15) is 6.92 Å². The summed E-state index contributed by atoms with van der Waals surface area (Å²) in [4.78, 5) is 0. The second-order valence-corrected chi connectivity index (χ2v) is 2.53. The second kappa shape index (κ2) is 4.33. The topological polar surface area (TPSA) is 9.23 Å². The first kappa shape index (κ1) is 13.5. The fourth-order valence-corrected chi connectivity index (χ4v) is 0.370. The third-order valence-corrected chi connectivity index (χ3v) is 1.29. The Kier molecular flexibility index (Phi) is 4.16. The largest absolute Gasteiger partial charge is 0.416 e. The molecule has 0 aromatic heterocycles. The molecular weight excluding hydrogens is 221 g/mol. The molecule has 0 aliphatic carbocycles. The summed E-state index contributed by atoms with van der Waals surface area (Å²) in [6.07, 6.45) is -12.0. The first-order valence-electron chi connectivity index (χ1n) is 3.41. The molecule has 0 radical (unpaired) electrons. The number of hydrogen-bond donors (Lipinski definition) is 0. The lowest BCUT2D eigenvalue weighted by atomic mass is 10.2. The minimum absolute atomic E-state index is 0.407. The normalized spacial score (nSPS) is 16.1. The van der Waals surface area contributed by atoms with Crippen LogP contribution in [0.2, 0.25) is 0 Å². The van der Waals surface area contributed by atoms with Crippen LogP contribution in [0.15, 0.2) is 0 Å². The minimum Gasteiger partial charge on any atom is -0.309 e. The summed E-state index contributed by atoms with van der Waals surface area (Å²) in [5.41, 5.74) is 0. The average Bonchev–Trinajstić information content (AvgIpc) is 2.01. The molecule has 14 heavy (non-hydrogen) atoms. The maximum Gasteiger partial charge on any atom is 0.416 e. The van der Waals surface area contributed by atoms with Crippen LogP contribution in [0.4, 0.5) is 30.7 Å². The Morgan fingerprint density at radius 1 is 1.07 bits per heavy atom. The molecule has 8 heteroatoms. The molecule has 0 saturated heterocycles. The molecule has 0 aromatic carbocycles. The summed E-state index contributed by atoms with van der Waals surface area (Å²) in [5.74, 6) is -4.21. The Morgan fingerprint density at radius 2 is 1.50 bits per heavy atom. The lowest BCUT2D eigenvalue weighted by Crippen LogP contribution is -2.39. The van der Waals surface area contributed by atoms with Gasteiger partial charge < -0.3 is 4.74 Å². The standard InChI is InChI=1S/C6H7F7O/c1-3(7)5(10,11)2-14-6(12,13)4(8)9/h3-4H,2H2,1H3. The fraction of sp³-hybridized carbons (Fsp3) is 1.00. The Morgan fingerprint density at radius 3 is 1.79 bits per heavy atom. The Bertz CT molecular complexity index is 159. The van der Waals surface area contributed by atoms with Gasteiger partial charge in [-0.05, 0) is 6.92 Å². The van der Waals surface area contributed by atoms with Gasteiger partial charge >= 0.3 is 18.5 Å². The molecule has 0 aliphatic rings. The van der Waals surface area contributed by atoms with Crippen LogP contribution >= 0.6 is 0 Å². The van der Waals surface area contributed by atoms with Crippen molar-refractivity contribution in [3.63, 3.8) is 0 Å². The van der Waals surface area contributed by atoms with Crippen molar-refractivity contribution in [3.8, 4) is 0 Å². The average molecular weight is 228 g/mol. The number of rotatable bonds is 5. The van der Waals surface area contributed by atoms with Crippen molar-refractivity contribution in [1.29, 1.82) is 0 Å². The molecule has 0 spiro atoms. The van der Waals surface area contributed by atoms with Gasteiger partial charge in [-0.15, -0.1) is 0 Å². The van der Waals surface area contributed by atoms with Crippen LogP contribution in [-0.2, 0) is 4.74 Å². The van der Waals surface area contributed by atoms with Gasteiger partial charge in [-0.3, -0.25) is 0 Å². The zero-order valence-electron chi connectivity index (χ0n) is 6.92. The van der Waals surface area contributed by atoms with E-state index in [9.17, 15) is 30.7 Å². The van der Waals surface area contributed by atoms with Crippen molar-refractivity contribution in [3.05, 3.63) is 0 Å². The Labute approximate surface area is 74.8 Å². The molecule has 0 fully saturated rings. The summed E-state index contributed by atoms with van der Waals surface area (Å²) in [7, 11) is 0. The van der Waals surface area contributed by atoms with E-state index < -0.39 is 31.2 Å². The summed E-state index contributed by atoms with van der Waals surface area (Å²) in [5, 5.41) is 0. The molecule has 0 aliphatic heterocycles. The molecule has 86 valence electrons. The zero-order valence-corrected chi connectivity index (χ0v) is 6.92. The molecule has 0 saturated carbocycles. The second-order valence-electron chi connectivity index (χ2n) is 2.53. The van der Waals surface area contributed by atoms with Crippen molar-refractivity contribution in [1.82, 2.24) is 0 Å². The van der Waals surface area contributed by atoms with Crippen LogP contribution in [0, 0.1) is 0 Å². The summed E-state index contributed by atoms with van der Waals surface area (Å²) in [6, 6.07) is 0. The van der Waals surface area contributed by atoms with Crippen LogP contribution in [0.5, 0.6) is 0 Å². The quantitative estimate of drug-likeness (QED) is 0.657. The first-order valence-corrected chi connectivity index (χ1v) is 3.41. The lowest BCUT2D eigenvalue weighted by Gasteiger charge is -2.21. The van der Waals surface area contributed by atoms with Gasteiger partial charge in [-0.2, -0.15) is 8.78 Å². The van der Waals surface area contributed by atoms with Crippen LogP contribution < -0.4 is 0 Å². The van der Waals surface area contributed by atoms with Gasteiger partial charge in [-0.1, -0.05) is 0 Å². The van der Waals surface area contributed by atoms with Gasteiger partial charge in [-0.25, -0.2) is 22.0 Å². The summed E-state index contributed by atoms with van der Waals surface area (Å²) < 4.78 is 86.0. The van der Waals surface area contributed by atoms with Crippen molar-refractivity contribution >= 4 is 0 Å². The first-order chi connectivity index (χ1) is 6.09. The van der Waals surface area contributed by atoms with Gasteiger partial charge in [0, 0.05) is 0 Å². The molecule has 1 atom stereocenters. The van der Waals surface area contributed by atoms with E-state index in [0.29, 0.717) is 6.92 Å². The molecule has 0 rings (SSSR count). The summed E-state index contributed by atoms with van der Waals surface area (Å²) >= 11 is 0. The zero-order chi connectivity index (χ0) is 11.6. The number of halogens is 7. The van der Waals surface area contributed by atoms with Crippen molar-refractivity contribution in [2.24, 2.45) is 0 Å². The van der Waals surface area contributed by atoms with Gasteiger partial charge in [0.1, 0.15) is 6.61 Å². The van der Waals surface area contributed by atoms with Crippen molar-refractivity contribution in [2.45, 2.75) is 31.6 Å². The fourth-order valence-electron chi connectivity index (χ4n) is 0.370. The highest BCUT2D eigenvalue weighted by atomic mass is 19.3. The third-order valence-electron chi connectivity index (χ3n) is 1.29. The molecule has 0 amide bonds. The van der Waals surface area contributed by atoms with Gasteiger partial charge in [0.05, 0.1) is 0 Å². The molecule has 0 heterocycles. The molecule has 0 bridgehead atoms. The molecule has 0 N–H and O–H groups in total. The van der Waals surface area contributed by atoms with Crippen molar-refractivity contribution in [2.75, 3.05) is 6.61 Å². The third kappa shape index (κ3) is 3.69. The van der Waals surface area contributed by atoms with E-state index in [1.807, 2.05) is 0 Å². The van der Waals surface area contributed by atoms with E-state index in [4.69, 9.17) is 0 Å². The van der Waals surface area contributed by atoms with E-state index in [1.54, 1.807) is 0 Å². The highest BCUT2D eigenvalue weighted by molar-refractivity contribution is 4.73. The van der Waals surface area contributed by atoms with E-state index in [-0.39, 0.29) is 0 Å². The number of ether oxygens (including phenoxy) is 1. The highest BCUT2D eigenvalue weighted by Crippen LogP contribution is 2.29. The van der Waals surface area contributed by atoms with Crippen LogP contribution in [-0.4, -0.2) is 31.2 Å².